The summed E-state index contributed by atoms with van der Waals surface area (Å²) in [5.74, 6) is 0.281. The first-order valence-corrected chi connectivity index (χ1v) is 11.7. The van der Waals surface area contributed by atoms with E-state index in [0.29, 0.717) is 43.1 Å². The van der Waals surface area contributed by atoms with Crippen LogP contribution in [0.4, 0.5) is 11.6 Å². The number of carbonyl (C=O) groups is 2. The van der Waals surface area contributed by atoms with Crippen molar-refractivity contribution in [2.45, 2.75) is 30.8 Å². The summed E-state index contributed by atoms with van der Waals surface area (Å²) >= 11 is 0. The maximum Gasteiger partial charge on any atom is 0.250 e. The lowest BCUT2D eigenvalue weighted by atomic mass is 9.98. The summed E-state index contributed by atoms with van der Waals surface area (Å²) < 4.78 is 38.3. The smallest absolute Gasteiger partial charge is 0.250 e. The van der Waals surface area contributed by atoms with E-state index < -0.39 is 15.9 Å². The SMILES string of the molecule is C=CC(=O)Nc1cc2c(o1)CN(S(=O)(=O)c1ccc(N(C)C(=O)C3CCOCC3)cc1)C2. The van der Waals surface area contributed by atoms with Crippen LogP contribution < -0.4 is 10.2 Å². The molecule has 2 aliphatic heterocycles. The predicted molar refractivity (Wildman–Crippen MR) is 117 cm³/mol. The summed E-state index contributed by atoms with van der Waals surface area (Å²) in [6.07, 6.45) is 2.51. The van der Waals surface area contributed by atoms with Crippen molar-refractivity contribution < 1.29 is 27.2 Å². The molecule has 0 aliphatic carbocycles. The van der Waals surface area contributed by atoms with Gasteiger partial charge < -0.3 is 14.1 Å². The molecule has 170 valence electrons. The third-order valence-electron chi connectivity index (χ3n) is 5.76. The van der Waals surface area contributed by atoms with Gasteiger partial charge >= 0.3 is 0 Å². The monoisotopic (exact) mass is 459 g/mol. The lowest BCUT2D eigenvalue weighted by Gasteiger charge is -2.26. The second kappa shape index (κ2) is 8.89. The molecule has 1 fully saturated rings. The second-order valence-corrected chi connectivity index (χ2v) is 9.74. The summed E-state index contributed by atoms with van der Waals surface area (Å²) in [4.78, 5) is 25.8. The highest BCUT2D eigenvalue weighted by Crippen LogP contribution is 2.33. The fraction of sp³-hybridized carbons (Fsp3) is 0.364. The highest BCUT2D eigenvalue weighted by molar-refractivity contribution is 7.89. The number of nitrogens with one attached hydrogen (secondary N) is 1. The number of amides is 2. The quantitative estimate of drug-likeness (QED) is 0.665. The molecule has 1 N–H and O–H groups in total. The van der Waals surface area contributed by atoms with E-state index in [-0.39, 0.29) is 35.7 Å². The minimum atomic E-state index is -3.75. The van der Waals surface area contributed by atoms with Gasteiger partial charge in [-0.05, 0) is 43.2 Å². The van der Waals surface area contributed by atoms with Crippen LogP contribution in [-0.4, -0.2) is 44.8 Å². The first kappa shape index (κ1) is 22.3. The molecule has 32 heavy (non-hydrogen) atoms. The van der Waals surface area contributed by atoms with E-state index in [0.717, 1.165) is 6.08 Å². The van der Waals surface area contributed by atoms with Crippen LogP contribution in [0.15, 0.2) is 52.3 Å². The average molecular weight is 460 g/mol. The molecule has 10 heteroatoms. The van der Waals surface area contributed by atoms with E-state index in [1.54, 1.807) is 30.1 Å². The zero-order chi connectivity index (χ0) is 22.9. The highest BCUT2D eigenvalue weighted by Gasteiger charge is 2.34. The summed E-state index contributed by atoms with van der Waals surface area (Å²) in [7, 11) is -2.05. The van der Waals surface area contributed by atoms with E-state index in [1.165, 1.54) is 16.4 Å². The number of sulfonamides is 1. The van der Waals surface area contributed by atoms with Crippen molar-refractivity contribution >= 4 is 33.4 Å². The number of fused-ring (bicyclic) bond motifs is 1. The van der Waals surface area contributed by atoms with Crippen molar-refractivity contribution in [1.82, 2.24) is 4.31 Å². The minimum Gasteiger partial charge on any atom is -0.444 e. The molecule has 9 nitrogen and oxygen atoms in total. The van der Waals surface area contributed by atoms with Crippen LogP contribution >= 0.6 is 0 Å². The molecule has 2 aromatic rings. The van der Waals surface area contributed by atoms with E-state index in [9.17, 15) is 18.0 Å². The molecule has 2 aliphatic rings. The minimum absolute atomic E-state index is 0.00682. The number of anilines is 2. The average Bonchev–Trinajstić information content (AvgIpc) is 3.38. The Morgan fingerprint density at radius 2 is 1.88 bits per heavy atom. The zero-order valence-electron chi connectivity index (χ0n) is 17.7. The van der Waals surface area contributed by atoms with E-state index >= 15 is 0 Å². The van der Waals surface area contributed by atoms with Gasteiger partial charge in [-0.25, -0.2) is 8.42 Å². The van der Waals surface area contributed by atoms with Crippen LogP contribution in [0.3, 0.4) is 0 Å². The van der Waals surface area contributed by atoms with Gasteiger partial charge in [-0.3, -0.25) is 14.9 Å². The van der Waals surface area contributed by atoms with Crippen molar-refractivity contribution in [3.05, 3.63) is 54.3 Å². The standard InChI is InChI=1S/C22H25N3O6S/c1-3-20(26)23-21-12-16-13-25(14-19(16)31-21)32(28,29)18-6-4-17(5-7-18)24(2)22(27)15-8-10-30-11-9-15/h3-7,12,15H,1,8-11,13-14H2,2H3,(H,23,26). The van der Waals surface area contributed by atoms with Crippen LogP contribution in [0, 0.1) is 5.92 Å². The van der Waals surface area contributed by atoms with Crippen LogP contribution in [0.25, 0.3) is 0 Å². The van der Waals surface area contributed by atoms with E-state index in [1.807, 2.05) is 0 Å². The number of carbonyl (C=O) groups excluding carboxylic acids is 2. The molecule has 0 radical (unpaired) electrons. The Kier molecular flexibility index (Phi) is 6.18. The Bertz CT molecular complexity index is 1110. The first-order valence-electron chi connectivity index (χ1n) is 10.3. The van der Waals surface area contributed by atoms with Gasteiger partial charge in [0.05, 0.1) is 11.4 Å². The molecule has 1 saturated heterocycles. The van der Waals surface area contributed by atoms with E-state index in [2.05, 4.69) is 11.9 Å². The normalized spacial score (nSPS) is 17.0. The van der Waals surface area contributed by atoms with Crippen molar-refractivity contribution in [2.75, 3.05) is 30.5 Å². The molecule has 0 saturated carbocycles. The van der Waals surface area contributed by atoms with Crippen LogP contribution in [-0.2, 0) is 37.4 Å². The third kappa shape index (κ3) is 4.34. The molecule has 0 bridgehead atoms. The lowest BCUT2D eigenvalue weighted by Crippen LogP contribution is -2.36. The molecular formula is C22H25N3O6S. The number of rotatable bonds is 6. The summed E-state index contributed by atoms with van der Waals surface area (Å²) in [6.45, 7) is 4.76. The van der Waals surface area contributed by atoms with Crippen LogP contribution in [0.1, 0.15) is 24.2 Å². The number of hydrogen-bond donors (Lipinski definition) is 1. The molecule has 3 heterocycles. The lowest BCUT2D eigenvalue weighted by molar-refractivity contribution is -0.124. The molecule has 0 unspecified atom stereocenters. The largest absolute Gasteiger partial charge is 0.444 e. The Morgan fingerprint density at radius 1 is 1.19 bits per heavy atom. The molecule has 1 aromatic heterocycles. The van der Waals surface area contributed by atoms with E-state index in [4.69, 9.17) is 9.15 Å². The third-order valence-corrected chi connectivity index (χ3v) is 7.56. The van der Waals surface area contributed by atoms with Gasteiger partial charge in [0.25, 0.3) is 0 Å². The summed E-state index contributed by atoms with van der Waals surface area (Å²) in [6, 6.07) is 7.91. The Labute approximate surface area is 186 Å². The number of furan rings is 1. The van der Waals surface area contributed by atoms with Gasteiger partial charge in [0.15, 0.2) is 5.88 Å². The fourth-order valence-electron chi connectivity index (χ4n) is 3.88. The summed E-state index contributed by atoms with van der Waals surface area (Å²) in [5, 5.41) is 2.53. The summed E-state index contributed by atoms with van der Waals surface area (Å²) in [5.41, 5.74) is 1.34. The molecule has 0 spiro atoms. The number of benzene rings is 1. The topological polar surface area (TPSA) is 109 Å². The van der Waals surface area contributed by atoms with Crippen molar-refractivity contribution in [3.8, 4) is 0 Å². The zero-order valence-corrected chi connectivity index (χ0v) is 18.6. The van der Waals surface area contributed by atoms with Gasteiger partial charge in [-0.15, -0.1) is 0 Å². The van der Waals surface area contributed by atoms with Crippen molar-refractivity contribution in [3.63, 3.8) is 0 Å². The maximum atomic E-state index is 13.1. The van der Waals surface area contributed by atoms with Gasteiger partial charge in [0.2, 0.25) is 21.8 Å². The maximum absolute atomic E-state index is 13.1. The Balaban J connectivity index is 1.44. The first-order chi connectivity index (χ1) is 15.3. The van der Waals surface area contributed by atoms with Crippen molar-refractivity contribution in [1.29, 1.82) is 0 Å². The second-order valence-electron chi connectivity index (χ2n) is 7.80. The fourth-order valence-corrected chi connectivity index (χ4v) is 5.26. The molecule has 2 amide bonds. The number of nitrogens with zero attached hydrogens (tertiary/aromatic N) is 2. The number of ether oxygens (including phenoxy) is 1. The number of hydrogen-bond acceptors (Lipinski definition) is 6. The van der Waals surface area contributed by atoms with Gasteiger partial charge in [-0.1, -0.05) is 6.58 Å². The Hall–Kier alpha value is -2.95. The van der Waals surface area contributed by atoms with Gasteiger partial charge in [-0.2, -0.15) is 4.31 Å². The van der Waals surface area contributed by atoms with Gasteiger partial charge in [0, 0.05) is 50.0 Å². The molecule has 1 aromatic carbocycles. The van der Waals surface area contributed by atoms with Gasteiger partial charge in [0.1, 0.15) is 5.76 Å². The molecular weight excluding hydrogens is 434 g/mol. The predicted octanol–water partition coefficient (Wildman–Crippen LogP) is 2.50. The van der Waals surface area contributed by atoms with Crippen LogP contribution in [0.5, 0.6) is 0 Å². The molecule has 4 rings (SSSR count). The Morgan fingerprint density at radius 3 is 2.50 bits per heavy atom. The van der Waals surface area contributed by atoms with Crippen molar-refractivity contribution in [2.24, 2.45) is 5.92 Å². The highest BCUT2D eigenvalue weighted by atomic mass is 32.2. The van der Waals surface area contributed by atoms with Crippen LogP contribution in [0.2, 0.25) is 0 Å². The molecule has 0 atom stereocenters.